The van der Waals surface area contributed by atoms with E-state index in [9.17, 15) is 4.79 Å². The number of hydrogen-bond acceptors (Lipinski definition) is 3. The maximum Gasteiger partial charge on any atom is 0.299 e. The smallest absolute Gasteiger partial charge is 0.260 e. The van der Waals surface area contributed by atoms with Crippen LogP contribution in [0.4, 0.5) is 4.79 Å². The Bertz CT molecular complexity index is 511. The molecule has 0 bridgehead atoms. The van der Waals surface area contributed by atoms with Gasteiger partial charge in [-0.25, -0.2) is 5.43 Å². The Balaban J connectivity index is 2.27. The SMILES string of the molecule is CCCCc1cc(C2=NNC(=O)SC2C)ccc1C. The Morgan fingerprint density at radius 1 is 1.42 bits per heavy atom. The van der Waals surface area contributed by atoms with Gasteiger partial charge in [0.25, 0.3) is 5.24 Å². The van der Waals surface area contributed by atoms with Gasteiger partial charge in [-0.05, 0) is 49.4 Å². The highest BCUT2D eigenvalue weighted by Crippen LogP contribution is 2.23. The molecule has 102 valence electrons. The summed E-state index contributed by atoms with van der Waals surface area (Å²) in [5.74, 6) is 0. The minimum absolute atomic E-state index is 0.0745. The maximum atomic E-state index is 11.3. The van der Waals surface area contributed by atoms with Crippen molar-refractivity contribution in [2.45, 2.75) is 45.3 Å². The summed E-state index contributed by atoms with van der Waals surface area (Å²) in [4.78, 5) is 11.3. The molecule has 2 rings (SSSR count). The summed E-state index contributed by atoms with van der Waals surface area (Å²) in [6.07, 6.45) is 3.52. The molecule has 0 saturated heterocycles. The molecule has 0 spiro atoms. The second kappa shape index (κ2) is 6.24. The first-order chi connectivity index (χ1) is 9.11. The largest absolute Gasteiger partial charge is 0.299 e. The highest BCUT2D eigenvalue weighted by molar-refractivity contribution is 8.14. The van der Waals surface area contributed by atoms with Crippen LogP contribution in [0.25, 0.3) is 0 Å². The van der Waals surface area contributed by atoms with Crippen molar-refractivity contribution >= 4 is 22.7 Å². The van der Waals surface area contributed by atoms with E-state index in [1.165, 1.54) is 35.7 Å². The van der Waals surface area contributed by atoms with E-state index in [2.05, 4.69) is 42.6 Å². The number of benzene rings is 1. The van der Waals surface area contributed by atoms with Crippen LogP contribution in [0.5, 0.6) is 0 Å². The fourth-order valence-electron chi connectivity index (χ4n) is 2.21. The van der Waals surface area contributed by atoms with Crippen molar-refractivity contribution in [3.63, 3.8) is 0 Å². The number of unbranched alkanes of at least 4 members (excludes halogenated alkanes) is 1. The maximum absolute atomic E-state index is 11.3. The minimum Gasteiger partial charge on any atom is -0.260 e. The third-order valence-electron chi connectivity index (χ3n) is 3.38. The molecule has 1 N–H and O–H groups in total. The molecule has 1 aromatic rings. The van der Waals surface area contributed by atoms with Crippen LogP contribution in [-0.4, -0.2) is 16.2 Å². The highest BCUT2D eigenvalue weighted by Gasteiger charge is 2.22. The quantitative estimate of drug-likeness (QED) is 0.906. The van der Waals surface area contributed by atoms with Crippen LogP contribution in [0.2, 0.25) is 0 Å². The number of amides is 1. The Morgan fingerprint density at radius 2 is 2.21 bits per heavy atom. The van der Waals surface area contributed by atoms with Gasteiger partial charge < -0.3 is 0 Å². The molecule has 1 aliphatic rings. The second-order valence-corrected chi connectivity index (χ2v) is 6.21. The monoisotopic (exact) mass is 276 g/mol. The third-order valence-corrected chi connectivity index (χ3v) is 4.26. The first-order valence-corrected chi connectivity index (χ1v) is 7.64. The lowest BCUT2D eigenvalue weighted by molar-refractivity contribution is 0.261. The average Bonchev–Trinajstić information content (AvgIpc) is 2.38. The van der Waals surface area contributed by atoms with Crippen molar-refractivity contribution in [1.29, 1.82) is 0 Å². The molecule has 1 amide bonds. The van der Waals surface area contributed by atoms with Crippen molar-refractivity contribution in [3.8, 4) is 0 Å². The van der Waals surface area contributed by atoms with E-state index in [1.807, 2.05) is 6.92 Å². The Labute approximate surface area is 118 Å². The van der Waals surface area contributed by atoms with Gasteiger partial charge in [0, 0.05) is 0 Å². The molecule has 1 unspecified atom stereocenters. The number of aryl methyl sites for hydroxylation is 2. The van der Waals surface area contributed by atoms with Crippen LogP contribution in [-0.2, 0) is 6.42 Å². The van der Waals surface area contributed by atoms with E-state index in [1.54, 1.807) is 0 Å². The van der Waals surface area contributed by atoms with Gasteiger partial charge >= 0.3 is 0 Å². The zero-order valence-electron chi connectivity index (χ0n) is 11.7. The van der Waals surface area contributed by atoms with Gasteiger partial charge in [0.15, 0.2) is 0 Å². The van der Waals surface area contributed by atoms with E-state index < -0.39 is 0 Å². The first kappa shape index (κ1) is 14.1. The predicted molar refractivity (Wildman–Crippen MR) is 81.9 cm³/mol. The summed E-state index contributed by atoms with van der Waals surface area (Å²) >= 11 is 1.29. The molecule has 1 aromatic carbocycles. The van der Waals surface area contributed by atoms with Crippen LogP contribution < -0.4 is 5.43 Å². The van der Waals surface area contributed by atoms with E-state index in [-0.39, 0.29) is 10.5 Å². The molecule has 1 aliphatic heterocycles. The zero-order valence-corrected chi connectivity index (χ0v) is 12.5. The van der Waals surface area contributed by atoms with E-state index >= 15 is 0 Å². The van der Waals surface area contributed by atoms with Crippen LogP contribution in [0, 0.1) is 6.92 Å². The van der Waals surface area contributed by atoms with Gasteiger partial charge in [-0.3, -0.25) is 4.79 Å². The molecule has 0 radical (unpaired) electrons. The Kier molecular flexibility index (Phi) is 4.64. The molecular formula is C15H20N2OS. The fourth-order valence-corrected chi connectivity index (χ4v) is 2.93. The summed E-state index contributed by atoms with van der Waals surface area (Å²) in [5.41, 5.74) is 7.35. The summed E-state index contributed by atoms with van der Waals surface area (Å²) in [7, 11) is 0. The normalized spacial score (nSPS) is 19.0. The summed E-state index contributed by atoms with van der Waals surface area (Å²) in [5, 5.41) is 4.24. The number of carbonyl (C=O) groups is 1. The molecule has 0 aliphatic carbocycles. The average molecular weight is 276 g/mol. The topological polar surface area (TPSA) is 41.5 Å². The second-order valence-electron chi connectivity index (χ2n) is 4.90. The standard InChI is InChI=1S/C15H20N2OS/c1-4-5-6-12-9-13(8-7-10(12)2)14-11(3)19-15(18)17-16-14/h7-9,11H,4-6H2,1-3H3,(H,17,18). The van der Waals surface area contributed by atoms with Crippen LogP contribution in [0.1, 0.15) is 43.4 Å². The van der Waals surface area contributed by atoms with Crippen molar-refractivity contribution in [3.05, 3.63) is 34.9 Å². The highest BCUT2D eigenvalue weighted by atomic mass is 32.2. The Hall–Kier alpha value is -1.29. The van der Waals surface area contributed by atoms with Crippen LogP contribution in [0.3, 0.4) is 0 Å². The Morgan fingerprint density at radius 3 is 2.89 bits per heavy atom. The van der Waals surface area contributed by atoms with Gasteiger partial charge in [-0.1, -0.05) is 37.2 Å². The number of nitrogens with one attached hydrogen (secondary N) is 1. The van der Waals surface area contributed by atoms with E-state index in [0.717, 1.165) is 17.7 Å². The lowest BCUT2D eigenvalue weighted by atomic mass is 9.97. The lowest BCUT2D eigenvalue weighted by Crippen LogP contribution is -2.29. The van der Waals surface area contributed by atoms with Crippen molar-refractivity contribution < 1.29 is 4.79 Å². The summed E-state index contributed by atoms with van der Waals surface area (Å²) < 4.78 is 0. The van der Waals surface area contributed by atoms with Gasteiger partial charge in [0.05, 0.1) is 11.0 Å². The molecule has 3 nitrogen and oxygen atoms in total. The zero-order chi connectivity index (χ0) is 13.8. The lowest BCUT2D eigenvalue weighted by Gasteiger charge is -2.19. The molecule has 0 aromatic heterocycles. The number of rotatable bonds is 4. The molecular weight excluding hydrogens is 256 g/mol. The summed E-state index contributed by atoms with van der Waals surface area (Å²) in [6, 6.07) is 6.47. The van der Waals surface area contributed by atoms with Crippen LogP contribution in [0.15, 0.2) is 23.3 Å². The van der Waals surface area contributed by atoms with E-state index in [0.29, 0.717) is 0 Å². The molecule has 1 heterocycles. The van der Waals surface area contributed by atoms with Crippen molar-refractivity contribution in [2.24, 2.45) is 5.10 Å². The number of nitrogens with zero attached hydrogens (tertiary/aromatic N) is 1. The number of thioether (sulfide) groups is 1. The van der Waals surface area contributed by atoms with Gasteiger partial charge in [0.2, 0.25) is 0 Å². The first-order valence-electron chi connectivity index (χ1n) is 6.76. The molecule has 19 heavy (non-hydrogen) atoms. The molecule has 0 fully saturated rings. The molecule has 1 atom stereocenters. The van der Waals surface area contributed by atoms with Crippen molar-refractivity contribution in [1.82, 2.24) is 5.43 Å². The van der Waals surface area contributed by atoms with Crippen LogP contribution >= 0.6 is 11.8 Å². The summed E-state index contributed by atoms with van der Waals surface area (Å²) in [6.45, 7) is 6.38. The number of hydrogen-bond donors (Lipinski definition) is 1. The van der Waals surface area contributed by atoms with Crippen molar-refractivity contribution in [2.75, 3.05) is 0 Å². The molecule has 4 heteroatoms. The molecule has 0 saturated carbocycles. The fraction of sp³-hybridized carbons (Fsp3) is 0.467. The number of hydrazone groups is 1. The predicted octanol–water partition coefficient (Wildman–Crippen LogP) is 3.89. The minimum atomic E-state index is -0.0745. The van der Waals surface area contributed by atoms with E-state index in [4.69, 9.17) is 0 Å². The third kappa shape index (κ3) is 3.38. The number of carbonyl (C=O) groups excluding carboxylic acids is 1. The van der Waals surface area contributed by atoms with Gasteiger partial charge in [-0.2, -0.15) is 5.10 Å². The van der Waals surface area contributed by atoms with Gasteiger partial charge in [-0.15, -0.1) is 0 Å². The van der Waals surface area contributed by atoms with Gasteiger partial charge in [0.1, 0.15) is 0 Å².